The van der Waals surface area contributed by atoms with Crippen molar-refractivity contribution in [1.82, 2.24) is 10.2 Å². The van der Waals surface area contributed by atoms with E-state index >= 15 is 0 Å². The summed E-state index contributed by atoms with van der Waals surface area (Å²) in [5.41, 5.74) is 2.66. The number of carbonyl (C=O) groups is 1. The van der Waals surface area contributed by atoms with Crippen molar-refractivity contribution in [2.45, 2.75) is 26.7 Å². The van der Waals surface area contributed by atoms with Crippen molar-refractivity contribution in [3.63, 3.8) is 0 Å². The largest absolute Gasteiger partial charge is 0.355 e. The molecule has 1 aliphatic rings. The minimum absolute atomic E-state index is 0.00350. The number of ketones is 1. The molecule has 5 heteroatoms. The predicted molar refractivity (Wildman–Crippen MR) is 87.2 cm³/mol. The van der Waals surface area contributed by atoms with Crippen LogP contribution >= 0.6 is 0 Å². The molecule has 2 aromatic rings. The van der Waals surface area contributed by atoms with Gasteiger partial charge in [0.2, 0.25) is 0 Å². The van der Waals surface area contributed by atoms with E-state index in [1.165, 1.54) is 12.1 Å². The highest BCUT2D eigenvalue weighted by Crippen LogP contribution is 2.25. The highest BCUT2D eigenvalue weighted by atomic mass is 19.1. The van der Waals surface area contributed by atoms with Gasteiger partial charge in [-0.3, -0.25) is 4.79 Å². The molecule has 4 nitrogen and oxygen atoms in total. The molecule has 0 aliphatic carbocycles. The van der Waals surface area contributed by atoms with E-state index in [1.54, 1.807) is 12.1 Å². The first-order valence-electron chi connectivity index (χ1n) is 7.90. The molecule has 1 aliphatic heterocycles. The number of hydrogen-bond donors (Lipinski definition) is 0. The molecule has 0 bridgehead atoms. The van der Waals surface area contributed by atoms with Crippen LogP contribution in [0.5, 0.6) is 0 Å². The maximum atomic E-state index is 13.0. The lowest BCUT2D eigenvalue weighted by Gasteiger charge is -2.32. The van der Waals surface area contributed by atoms with Gasteiger partial charge in [-0.25, -0.2) is 4.39 Å². The number of benzene rings is 1. The lowest BCUT2D eigenvalue weighted by Crippen LogP contribution is -2.37. The second-order valence-corrected chi connectivity index (χ2v) is 6.10. The summed E-state index contributed by atoms with van der Waals surface area (Å²) < 4.78 is 13.0. The van der Waals surface area contributed by atoms with Gasteiger partial charge in [-0.2, -0.15) is 5.10 Å². The molecule has 0 amide bonds. The van der Waals surface area contributed by atoms with Gasteiger partial charge in [-0.05, 0) is 62.6 Å². The average Bonchev–Trinajstić information content (AvgIpc) is 2.57. The summed E-state index contributed by atoms with van der Waals surface area (Å²) in [7, 11) is 0. The Morgan fingerprint density at radius 1 is 1.13 bits per heavy atom. The summed E-state index contributed by atoms with van der Waals surface area (Å²) in [5, 5.41) is 8.42. The zero-order valence-corrected chi connectivity index (χ0v) is 13.4. The van der Waals surface area contributed by atoms with Crippen LogP contribution in [0.4, 0.5) is 10.2 Å². The monoisotopic (exact) mass is 313 g/mol. The Morgan fingerprint density at radius 3 is 2.39 bits per heavy atom. The predicted octanol–water partition coefficient (Wildman–Crippen LogP) is 3.33. The van der Waals surface area contributed by atoms with Gasteiger partial charge in [-0.15, -0.1) is 5.10 Å². The third kappa shape index (κ3) is 3.38. The molecule has 2 heterocycles. The zero-order chi connectivity index (χ0) is 16.4. The van der Waals surface area contributed by atoms with Gasteiger partial charge in [0, 0.05) is 24.6 Å². The van der Waals surface area contributed by atoms with E-state index in [4.69, 9.17) is 0 Å². The van der Waals surface area contributed by atoms with E-state index in [9.17, 15) is 9.18 Å². The number of hydrogen-bond acceptors (Lipinski definition) is 4. The molecular weight excluding hydrogens is 293 g/mol. The average molecular weight is 313 g/mol. The number of carbonyl (C=O) groups excluding carboxylic acids is 1. The van der Waals surface area contributed by atoms with E-state index in [-0.39, 0.29) is 17.5 Å². The number of aryl methyl sites for hydroxylation is 2. The summed E-state index contributed by atoms with van der Waals surface area (Å²) >= 11 is 0. The minimum Gasteiger partial charge on any atom is -0.355 e. The Bertz CT molecular complexity index is 707. The fourth-order valence-electron chi connectivity index (χ4n) is 2.91. The fraction of sp³-hybridized carbons (Fsp3) is 0.389. The van der Waals surface area contributed by atoms with E-state index in [2.05, 4.69) is 15.1 Å². The molecule has 0 atom stereocenters. The molecule has 0 radical (unpaired) electrons. The highest BCUT2D eigenvalue weighted by molar-refractivity contribution is 5.97. The number of anilines is 1. The SMILES string of the molecule is Cc1cc(N2CCC(C(=O)c3ccc(F)cc3)CC2)nnc1C. The molecule has 23 heavy (non-hydrogen) atoms. The van der Waals surface area contributed by atoms with Crippen molar-refractivity contribution in [2.24, 2.45) is 5.92 Å². The van der Waals surface area contributed by atoms with Crippen LogP contribution < -0.4 is 4.90 Å². The van der Waals surface area contributed by atoms with Gasteiger partial charge in [0.1, 0.15) is 5.82 Å². The molecule has 0 unspecified atom stereocenters. The summed E-state index contributed by atoms with van der Waals surface area (Å²) in [6, 6.07) is 7.86. The van der Waals surface area contributed by atoms with Gasteiger partial charge in [0.05, 0.1) is 5.69 Å². The summed E-state index contributed by atoms with van der Waals surface area (Å²) in [5.74, 6) is 0.664. The Morgan fingerprint density at radius 2 is 1.78 bits per heavy atom. The first-order chi connectivity index (χ1) is 11.0. The van der Waals surface area contributed by atoms with E-state index < -0.39 is 0 Å². The van der Waals surface area contributed by atoms with Crippen LogP contribution in [-0.4, -0.2) is 29.1 Å². The number of Topliss-reactive ketones (excluding diaryl/α,β-unsaturated/α-hetero) is 1. The lowest BCUT2D eigenvalue weighted by atomic mass is 9.89. The molecule has 1 fully saturated rings. The Balaban J connectivity index is 1.64. The Hall–Kier alpha value is -2.30. The fourth-order valence-corrected chi connectivity index (χ4v) is 2.91. The Kier molecular flexibility index (Phi) is 4.37. The lowest BCUT2D eigenvalue weighted by molar-refractivity contribution is 0.0900. The maximum absolute atomic E-state index is 13.0. The van der Waals surface area contributed by atoms with Gasteiger partial charge in [-0.1, -0.05) is 0 Å². The van der Waals surface area contributed by atoms with E-state index in [0.29, 0.717) is 5.56 Å². The first kappa shape index (κ1) is 15.6. The van der Waals surface area contributed by atoms with Crippen molar-refractivity contribution >= 4 is 11.6 Å². The van der Waals surface area contributed by atoms with Crippen LogP contribution in [-0.2, 0) is 0 Å². The molecule has 0 saturated carbocycles. The van der Waals surface area contributed by atoms with Gasteiger partial charge in [0.25, 0.3) is 0 Å². The van der Waals surface area contributed by atoms with Crippen molar-refractivity contribution in [3.05, 3.63) is 53.0 Å². The molecular formula is C18H20FN3O. The molecule has 1 saturated heterocycles. The molecule has 1 aromatic heterocycles. The quantitative estimate of drug-likeness (QED) is 0.815. The molecule has 3 rings (SSSR count). The molecule has 0 spiro atoms. The van der Waals surface area contributed by atoms with Crippen molar-refractivity contribution < 1.29 is 9.18 Å². The summed E-state index contributed by atoms with van der Waals surface area (Å²) in [6.07, 6.45) is 1.57. The second kappa shape index (κ2) is 6.44. The smallest absolute Gasteiger partial charge is 0.166 e. The number of aromatic nitrogens is 2. The van der Waals surface area contributed by atoms with Crippen LogP contribution in [0.15, 0.2) is 30.3 Å². The van der Waals surface area contributed by atoms with Crippen LogP contribution in [0.3, 0.4) is 0 Å². The minimum atomic E-state index is -0.315. The van der Waals surface area contributed by atoms with Crippen LogP contribution in [0, 0.1) is 25.6 Å². The third-order valence-corrected chi connectivity index (χ3v) is 4.54. The van der Waals surface area contributed by atoms with Crippen molar-refractivity contribution in [2.75, 3.05) is 18.0 Å². The van der Waals surface area contributed by atoms with Gasteiger partial charge in [0.15, 0.2) is 11.6 Å². The molecule has 1 aromatic carbocycles. The molecule has 0 N–H and O–H groups in total. The normalized spacial score (nSPS) is 15.7. The number of nitrogens with zero attached hydrogens (tertiary/aromatic N) is 3. The Labute approximate surface area is 135 Å². The number of halogens is 1. The van der Waals surface area contributed by atoms with Crippen LogP contribution in [0.25, 0.3) is 0 Å². The second-order valence-electron chi connectivity index (χ2n) is 6.10. The topological polar surface area (TPSA) is 46.1 Å². The van der Waals surface area contributed by atoms with Crippen molar-refractivity contribution in [3.8, 4) is 0 Å². The maximum Gasteiger partial charge on any atom is 0.166 e. The van der Waals surface area contributed by atoms with Crippen molar-refractivity contribution in [1.29, 1.82) is 0 Å². The van der Waals surface area contributed by atoms with E-state index in [0.717, 1.165) is 43.0 Å². The van der Waals surface area contributed by atoms with E-state index in [1.807, 2.05) is 19.9 Å². The third-order valence-electron chi connectivity index (χ3n) is 4.54. The van der Waals surface area contributed by atoms with Crippen LogP contribution in [0.2, 0.25) is 0 Å². The highest BCUT2D eigenvalue weighted by Gasteiger charge is 2.26. The first-order valence-corrected chi connectivity index (χ1v) is 7.90. The van der Waals surface area contributed by atoms with Crippen LogP contribution in [0.1, 0.15) is 34.5 Å². The number of piperidine rings is 1. The number of rotatable bonds is 3. The summed E-state index contributed by atoms with van der Waals surface area (Å²) in [6.45, 7) is 5.54. The summed E-state index contributed by atoms with van der Waals surface area (Å²) in [4.78, 5) is 14.7. The van der Waals surface area contributed by atoms with Gasteiger partial charge >= 0.3 is 0 Å². The molecule has 120 valence electrons. The standard InChI is InChI=1S/C18H20FN3O/c1-12-11-17(21-20-13(12)2)22-9-7-15(8-10-22)18(23)14-3-5-16(19)6-4-14/h3-6,11,15H,7-10H2,1-2H3. The van der Waals surface area contributed by atoms with Gasteiger partial charge < -0.3 is 4.90 Å². The zero-order valence-electron chi connectivity index (χ0n) is 13.4.